The van der Waals surface area contributed by atoms with Crippen molar-refractivity contribution in [2.24, 2.45) is 4.99 Å². The molecule has 26 heavy (non-hydrogen) atoms. The van der Waals surface area contributed by atoms with Crippen molar-refractivity contribution in [3.8, 4) is 0 Å². The van der Waals surface area contributed by atoms with Crippen molar-refractivity contribution in [1.82, 2.24) is 10.6 Å². The van der Waals surface area contributed by atoms with Gasteiger partial charge in [0.25, 0.3) is 0 Å². The third-order valence-corrected chi connectivity index (χ3v) is 5.20. The summed E-state index contributed by atoms with van der Waals surface area (Å²) in [5.74, 6) is 0.796. The predicted molar refractivity (Wildman–Crippen MR) is 107 cm³/mol. The molecule has 8 heteroatoms. The van der Waals surface area contributed by atoms with Crippen LogP contribution in [0.15, 0.2) is 29.3 Å². The van der Waals surface area contributed by atoms with Gasteiger partial charge in [-0.05, 0) is 25.5 Å². The number of rotatable bonds is 8. The zero-order chi connectivity index (χ0) is 19.0. The molecule has 1 aromatic rings. The van der Waals surface area contributed by atoms with E-state index in [2.05, 4.69) is 51.7 Å². The minimum Gasteiger partial charge on any atom is -0.379 e. The molecular formula is C18H30N4O3S. The number of hydrogen-bond donors (Lipinski definition) is 2. The standard InChI is InChI=1S/C18H30N4O3S/c1-15-4-6-17(7-5-15)22-10-8-16(14-22)21-18(19-2)20-9-11-25-12-13-26(3,23)24/h4-7,16H,8-14H2,1-3H3,(H2,19,20,21). The molecule has 0 saturated carbocycles. The first kappa shape index (κ1) is 20.5. The van der Waals surface area contributed by atoms with Gasteiger partial charge in [0.05, 0.1) is 19.0 Å². The monoisotopic (exact) mass is 382 g/mol. The molecule has 1 fully saturated rings. The van der Waals surface area contributed by atoms with Crippen LogP contribution in [0.3, 0.4) is 0 Å². The highest BCUT2D eigenvalue weighted by atomic mass is 32.2. The van der Waals surface area contributed by atoms with Crippen LogP contribution in [0.5, 0.6) is 0 Å². The Morgan fingerprint density at radius 2 is 2.04 bits per heavy atom. The summed E-state index contributed by atoms with van der Waals surface area (Å²) in [6.07, 6.45) is 2.27. The van der Waals surface area contributed by atoms with Crippen LogP contribution in [-0.4, -0.2) is 72.3 Å². The van der Waals surface area contributed by atoms with Crippen molar-refractivity contribution < 1.29 is 13.2 Å². The Balaban J connectivity index is 1.67. The van der Waals surface area contributed by atoms with Crippen molar-refractivity contribution in [3.05, 3.63) is 29.8 Å². The summed E-state index contributed by atoms with van der Waals surface area (Å²) in [7, 11) is -1.22. The fourth-order valence-electron chi connectivity index (χ4n) is 2.81. The predicted octanol–water partition coefficient (Wildman–Crippen LogP) is 0.800. The molecule has 1 saturated heterocycles. The van der Waals surface area contributed by atoms with E-state index in [-0.39, 0.29) is 12.4 Å². The van der Waals surface area contributed by atoms with Crippen molar-refractivity contribution >= 4 is 21.5 Å². The first-order valence-electron chi connectivity index (χ1n) is 8.91. The summed E-state index contributed by atoms with van der Waals surface area (Å²) >= 11 is 0. The lowest BCUT2D eigenvalue weighted by molar-refractivity contribution is 0.154. The second-order valence-electron chi connectivity index (χ2n) is 6.65. The number of nitrogens with zero attached hydrogens (tertiary/aromatic N) is 2. The molecule has 2 N–H and O–H groups in total. The second kappa shape index (κ2) is 9.78. The highest BCUT2D eigenvalue weighted by Gasteiger charge is 2.23. The first-order valence-corrected chi connectivity index (χ1v) is 11.0. The van der Waals surface area contributed by atoms with E-state index in [9.17, 15) is 8.42 Å². The SMILES string of the molecule is CN=C(NCCOCCS(C)(=O)=O)NC1CCN(c2ccc(C)cc2)C1. The highest BCUT2D eigenvalue weighted by molar-refractivity contribution is 7.90. The Hall–Kier alpha value is -1.80. The molecular weight excluding hydrogens is 352 g/mol. The molecule has 1 heterocycles. The maximum atomic E-state index is 11.0. The third-order valence-electron chi connectivity index (χ3n) is 4.29. The normalized spacial score (nSPS) is 18.2. The molecule has 2 rings (SSSR count). The number of sulfone groups is 1. The summed E-state index contributed by atoms with van der Waals surface area (Å²) < 4.78 is 27.4. The van der Waals surface area contributed by atoms with Crippen LogP contribution in [0.4, 0.5) is 5.69 Å². The zero-order valence-electron chi connectivity index (χ0n) is 15.9. The molecule has 0 radical (unpaired) electrons. The molecule has 0 aliphatic carbocycles. The Kier molecular flexibility index (Phi) is 7.71. The molecule has 7 nitrogen and oxygen atoms in total. The molecule has 1 unspecified atom stereocenters. The average molecular weight is 383 g/mol. The van der Waals surface area contributed by atoms with Gasteiger partial charge in [-0.15, -0.1) is 0 Å². The Bertz CT molecular complexity index is 689. The molecule has 0 amide bonds. The molecule has 0 bridgehead atoms. The lowest BCUT2D eigenvalue weighted by Gasteiger charge is -2.20. The van der Waals surface area contributed by atoms with Gasteiger partial charge in [-0.3, -0.25) is 4.99 Å². The van der Waals surface area contributed by atoms with Crippen LogP contribution in [0.2, 0.25) is 0 Å². The number of hydrogen-bond acceptors (Lipinski definition) is 5. The van der Waals surface area contributed by atoms with Crippen LogP contribution in [-0.2, 0) is 14.6 Å². The lowest BCUT2D eigenvalue weighted by atomic mass is 10.2. The number of aliphatic imine (C=N–C) groups is 1. The van der Waals surface area contributed by atoms with E-state index in [1.807, 2.05) is 0 Å². The van der Waals surface area contributed by atoms with Gasteiger partial charge in [-0.25, -0.2) is 8.42 Å². The van der Waals surface area contributed by atoms with E-state index in [0.29, 0.717) is 19.2 Å². The van der Waals surface area contributed by atoms with E-state index in [1.165, 1.54) is 17.5 Å². The minimum atomic E-state index is -2.96. The largest absolute Gasteiger partial charge is 0.379 e. The van der Waals surface area contributed by atoms with Gasteiger partial charge in [0.15, 0.2) is 5.96 Å². The number of anilines is 1. The molecule has 0 spiro atoms. The van der Waals surface area contributed by atoms with E-state index in [1.54, 1.807) is 7.05 Å². The van der Waals surface area contributed by atoms with Crippen molar-refractivity contribution in [2.45, 2.75) is 19.4 Å². The fourth-order valence-corrected chi connectivity index (χ4v) is 3.23. The van der Waals surface area contributed by atoms with Crippen molar-refractivity contribution in [1.29, 1.82) is 0 Å². The van der Waals surface area contributed by atoms with Crippen LogP contribution in [0.1, 0.15) is 12.0 Å². The topological polar surface area (TPSA) is 83.0 Å². The number of ether oxygens (including phenoxy) is 1. The molecule has 1 atom stereocenters. The molecule has 146 valence electrons. The van der Waals surface area contributed by atoms with Gasteiger partial charge in [0.2, 0.25) is 0 Å². The first-order chi connectivity index (χ1) is 12.4. The quantitative estimate of drug-likeness (QED) is 0.393. The maximum Gasteiger partial charge on any atom is 0.191 e. The smallest absolute Gasteiger partial charge is 0.191 e. The van der Waals surface area contributed by atoms with Crippen LogP contribution < -0.4 is 15.5 Å². The number of benzene rings is 1. The molecule has 1 aliphatic heterocycles. The van der Waals surface area contributed by atoms with Gasteiger partial charge in [-0.2, -0.15) is 0 Å². The summed E-state index contributed by atoms with van der Waals surface area (Å²) in [4.78, 5) is 6.62. The van der Waals surface area contributed by atoms with Crippen LogP contribution >= 0.6 is 0 Å². The van der Waals surface area contributed by atoms with Crippen molar-refractivity contribution in [3.63, 3.8) is 0 Å². The molecule has 1 aliphatic rings. The van der Waals surface area contributed by atoms with Gasteiger partial charge in [-0.1, -0.05) is 17.7 Å². The van der Waals surface area contributed by atoms with E-state index in [4.69, 9.17) is 4.74 Å². The summed E-state index contributed by atoms with van der Waals surface area (Å²) in [5, 5.41) is 6.64. The van der Waals surface area contributed by atoms with Gasteiger partial charge < -0.3 is 20.3 Å². The zero-order valence-corrected chi connectivity index (χ0v) is 16.7. The van der Waals surface area contributed by atoms with Gasteiger partial charge >= 0.3 is 0 Å². The number of aryl methyl sites for hydroxylation is 1. The average Bonchev–Trinajstić information content (AvgIpc) is 3.05. The third kappa shape index (κ3) is 7.21. The summed E-state index contributed by atoms with van der Waals surface area (Å²) in [6.45, 7) is 5.30. The van der Waals surface area contributed by atoms with Crippen molar-refractivity contribution in [2.75, 3.05) is 56.8 Å². The fraction of sp³-hybridized carbons (Fsp3) is 0.611. The van der Waals surface area contributed by atoms with Gasteiger partial charge in [0, 0.05) is 44.7 Å². The van der Waals surface area contributed by atoms with Crippen LogP contribution in [0, 0.1) is 6.92 Å². The summed E-state index contributed by atoms with van der Waals surface area (Å²) in [6, 6.07) is 8.95. The lowest BCUT2D eigenvalue weighted by Crippen LogP contribution is -2.45. The van der Waals surface area contributed by atoms with Crippen LogP contribution in [0.25, 0.3) is 0 Å². The second-order valence-corrected chi connectivity index (χ2v) is 8.91. The number of nitrogens with one attached hydrogen (secondary N) is 2. The Labute approximate surface area is 156 Å². The Morgan fingerprint density at radius 1 is 1.31 bits per heavy atom. The molecule has 1 aromatic carbocycles. The minimum absolute atomic E-state index is 0.0525. The highest BCUT2D eigenvalue weighted by Crippen LogP contribution is 2.20. The maximum absolute atomic E-state index is 11.0. The Morgan fingerprint density at radius 3 is 2.69 bits per heavy atom. The van der Waals surface area contributed by atoms with E-state index in [0.717, 1.165) is 25.5 Å². The summed E-state index contributed by atoms with van der Waals surface area (Å²) in [5.41, 5.74) is 2.52. The molecule has 0 aromatic heterocycles. The number of guanidine groups is 1. The van der Waals surface area contributed by atoms with Gasteiger partial charge in [0.1, 0.15) is 9.84 Å². The van der Waals surface area contributed by atoms with E-state index < -0.39 is 9.84 Å². The van der Waals surface area contributed by atoms with E-state index >= 15 is 0 Å².